The number of phenols is 1. The number of anilines is 1. The highest BCUT2D eigenvalue weighted by atomic mass is 79.9. The summed E-state index contributed by atoms with van der Waals surface area (Å²) in [6.45, 7) is 1.59. The van der Waals surface area contributed by atoms with Crippen LogP contribution in [0.5, 0.6) is 5.75 Å². The average Bonchev–Trinajstić information content (AvgIpc) is 3.17. The highest BCUT2D eigenvalue weighted by Crippen LogP contribution is 2.30. The summed E-state index contributed by atoms with van der Waals surface area (Å²) in [4.78, 5) is 12.4. The van der Waals surface area contributed by atoms with E-state index in [0.717, 1.165) is 9.15 Å². The van der Waals surface area contributed by atoms with Crippen LogP contribution in [0.15, 0.2) is 30.8 Å². The number of phenolic OH excluding ortho intramolecular Hbond substituents is 1. The van der Waals surface area contributed by atoms with E-state index in [4.69, 9.17) is 5.73 Å². The number of aromatic hydroxyl groups is 1. The molecule has 0 fully saturated rings. The summed E-state index contributed by atoms with van der Waals surface area (Å²) in [7, 11) is 0. The van der Waals surface area contributed by atoms with Gasteiger partial charge >= 0.3 is 0 Å². The molecule has 11 nitrogen and oxygen atoms in total. The van der Waals surface area contributed by atoms with Crippen molar-refractivity contribution in [2.45, 2.75) is 6.92 Å². The SMILES string of the molecule is Cc1nnn(-c2nonc2N)c1C(=O)N/N=C\c1cc(Br)cc(Br)c1O. The molecule has 0 aliphatic carbocycles. The van der Waals surface area contributed by atoms with Gasteiger partial charge in [0.05, 0.1) is 16.4 Å². The number of nitrogens with two attached hydrogens (primary N) is 1. The van der Waals surface area contributed by atoms with E-state index in [1.165, 1.54) is 6.21 Å². The molecule has 26 heavy (non-hydrogen) atoms. The van der Waals surface area contributed by atoms with E-state index in [1.807, 2.05) is 0 Å². The van der Waals surface area contributed by atoms with E-state index in [0.29, 0.717) is 15.7 Å². The zero-order valence-electron chi connectivity index (χ0n) is 13.0. The number of halogens is 2. The maximum Gasteiger partial charge on any atom is 0.292 e. The van der Waals surface area contributed by atoms with E-state index in [1.54, 1.807) is 19.1 Å². The van der Waals surface area contributed by atoms with Crippen molar-refractivity contribution in [2.24, 2.45) is 5.10 Å². The van der Waals surface area contributed by atoms with Gasteiger partial charge in [-0.25, -0.2) is 10.1 Å². The van der Waals surface area contributed by atoms with Crippen LogP contribution in [0, 0.1) is 6.92 Å². The van der Waals surface area contributed by atoms with Crippen LogP contribution in [0.25, 0.3) is 5.82 Å². The van der Waals surface area contributed by atoms with Crippen LogP contribution in [-0.2, 0) is 0 Å². The Bertz CT molecular complexity index is 1010. The number of rotatable bonds is 4. The van der Waals surface area contributed by atoms with E-state index in [2.05, 4.69) is 67.6 Å². The largest absolute Gasteiger partial charge is 0.506 e. The number of hydrogen-bond acceptors (Lipinski definition) is 9. The molecular weight excluding hydrogens is 476 g/mol. The maximum absolute atomic E-state index is 12.4. The van der Waals surface area contributed by atoms with E-state index in [-0.39, 0.29) is 23.1 Å². The van der Waals surface area contributed by atoms with Crippen LogP contribution in [0.3, 0.4) is 0 Å². The standard InChI is InChI=1S/C13H10Br2N8O3/c1-5-9(23(22-18-5)12-11(16)20-26-21-12)13(25)19-17-4-6-2-7(14)3-8(15)10(6)24/h2-4,24H,1H3,(H2,16,20)(H,19,25)/b17-4-. The van der Waals surface area contributed by atoms with E-state index >= 15 is 0 Å². The van der Waals surface area contributed by atoms with Crippen molar-refractivity contribution in [1.29, 1.82) is 0 Å². The molecule has 0 spiro atoms. The van der Waals surface area contributed by atoms with Crippen LogP contribution in [0.2, 0.25) is 0 Å². The van der Waals surface area contributed by atoms with Gasteiger partial charge in [0.1, 0.15) is 5.75 Å². The molecular formula is C13H10Br2N8O3. The Labute approximate surface area is 162 Å². The number of hydrazone groups is 1. The van der Waals surface area contributed by atoms with Gasteiger partial charge in [0.2, 0.25) is 11.6 Å². The fraction of sp³-hybridized carbons (Fsp3) is 0.0769. The van der Waals surface area contributed by atoms with Gasteiger partial charge in [0.15, 0.2) is 5.69 Å². The minimum atomic E-state index is -0.611. The predicted octanol–water partition coefficient (Wildman–Crippen LogP) is 1.54. The molecule has 0 atom stereocenters. The fourth-order valence-corrected chi connectivity index (χ4v) is 3.26. The highest BCUT2D eigenvalue weighted by Gasteiger charge is 2.22. The third kappa shape index (κ3) is 3.43. The predicted molar refractivity (Wildman–Crippen MR) is 96.9 cm³/mol. The number of carbonyl (C=O) groups excluding carboxylic acids is 1. The average molecular weight is 486 g/mol. The van der Waals surface area contributed by atoms with Gasteiger partial charge in [-0.3, -0.25) is 4.79 Å². The summed E-state index contributed by atoms with van der Waals surface area (Å²) in [6.07, 6.45) is 1.29. The summed E-state index contributed by atoms with van der Waals surface area (Å²) in [5, 5.41) is 28.5. The lowest BCUT2D eigenvalue weighted by atomic mass is 10.2. The Morgan fingerprint density at radius 2 is 2.19 bits per heavy atom. The molecule has 0 saturated heterocycles. The molecule has 0 saturated carbocycles. The molecule has 2 heterocycles. The molecule has 1 amide bonds. The van der Waals surface area contributed by atoms with Crippen molar-refractivity contribution >= 4 is 49.8 Å². The van der Waals surface area contributed by atoms with Gasteiger partial charge in [-0.05, 0) is 45.3 Å². The lowest BCUT2D eigenvalue weighted by molar-refractivity contribution is 0.0946. The number of nitrogens with one attached hydrogen (secondary N) is 1. The van der Waals surface area contributed by atoms with Crippen molar-refractivity contribution in [3.8, 4) is 11.6 Å². The molecule has 134 valence electrons. The number of aryl methyl sites for hydroxylation is 1. The Hall–Kier alpha value is -2.80. The van der Waals surface area contributed by atoms with Crippen molar-refractivity contribution in [3.05, 3.63) is 38.0 Å². The van der Waals surface area contributed by atoms with Crippen LogP contribution >= 0.6 is 31.9 Å². The molecule has 0 aliphatic rings. The van der Waals surface area contributed by atoms with Crippen LogP contribution in [0.4, 0.5) is 5.82 Å². The van der Waals surface area contributed by atoms with Gasteiger partial charge in [0, 0.05) is 10.0 Å². The monoisotopic (exact) mass is 484 g/mol. The quantitative estimate of drug-likeness (QED) is 0.370. The number of amides is 1. The Kier molecular flexibility index (Phi) is 4.99. The molecule has 1 aromatic carbocycles. The first-order chi connectivity index (χ1) is 12.4. The van der Waals surface area contributed by atoms with Crippen LogP contribution < -0.4 is 11.2 Å². The zero-order valence-corrected chi connectivity index (χ0v) is 16.2. The van der Waals surface area contributed by atoms with E-state index in [9.17, 15) is 9.90 Å². The Morgan fingerprint density at radius 3 is 2.88 bits per heavy atom. The highest BCUT2D eigenvalue weighted by molar-refractivity contribution is 9.11. The molecule has 3 rings (SSSR count). The van der Waals surface area contributed by atoms with Crippen molar-refractivity contribution < 1.29 is 14.5 Å². The topological polar surface area (TPSA) is 157 Å². The van der Waals surface area contributed by atoms with Crippen molar-refractivity contribution in [2.75, 3.05) is 5.73 Å². The first-order valence-electron chi connectivity index (χ1n) is 6.90. The zero-order chi connectivity index (χ0) is 18.8. The normalized spacial score (nSPS) is 11.2. The van der Waals surface area contributed by atoms with Gasteiger partial charge in [-0.1, -0.05) is 21.1 Å². The summed E-state index contributed by atoms with van der Waals surface area (Å²) >= 11 is 6.52. The van der Waals surface area contributed by atoms with Gasteiger partial charge < -0.3 is 10.8 Å². The lowest BCUT2D eigenvalue weighted by Gasteiger charge is -2.04. The second-order valence-corrected chi connectivity index (χ2v) is 6.70. The number of aromatic nitrogens is 5. The van der Waals surface area contributed by atoms with Crippen LogP contribution in [-0.4, -0.2) is 42.5 Å². The Morgan fingerprint density at radius 1 is 1.42 bits per heavy atom. The van der Waals surface area contributed by atoms with Gasteiger partial charge in [0.25, 0.3) is 5.91 Å². The number of carbonyl (C=O) groups is 1. The lowest BCUT2D eigenvalue weighted by Crippen LogP contribution is -2.22. The third-order valence-corrected chi connectivity index (χ3v) is 4.24. The molecule has 2 aromatic heterocycles. The number of hydrogen-bond donors (Lipinski definition) is 3. The summed E-state index contributed by atoms with van der Waals surface area (Å²) in [5.41, 5.74) is 8.72. The van der Waals surface area contributed by atoms with Crippen molar-refractivity contribution in [3.63, 3.8) is 0 Å². The van der Waals surface area contributed by atoms with Gasteiger partial charge in [-0.2, -0.15) is 9.78 Å². The van der Waals surface area contributed by atoms with E-state index < -0.39 is 5.91 Å². The maximum atomic E-state index is 12.4. The van der Waals surface area contributed by atoms with Crippen molar-refractivity contribution in [1.82, 2.24) is 30.7 Å². The summed E-state index contributed by atoms with van der Waals surface area (Å²) in [6, 6.07) is 3.31. The number of benzene rings is 1. The fourth-order valence-electron chi connectivity index (χ4n) is 2.00. The second-order valence-electron chi connectivity index (χ2n) is 4.93. The van der Waals surface area contributed by atoms with Gasteiger partial charge in [-0.15, -0.1) is 5.10 Å². The number of nitrogens with zero attached hydrogens (tertiary/aromatic N) is 6. The minimum Gasteiger partial charge on any atom is -0.506 e. The summed E-state index contributed by atoms with van der Waals surface area (Å²) < 4.78 is 6.81. The first kappa shape index (κ1) is 18.0. The minimum absolute atomic E-state index is 0.0180. The molecule has 0 bridgehead atoms. The molecule has 4 N–H and O–H groups in total. The Balaban J connectivity index is 1.84. The number of nitrogen functional groups attached to an aromatic ring is 1. The molecule has 0 unspecified atom stereocenters. The van der Waals surface area contributed by atoms with Crippen LogP contribution in [0.1, 0.15) is 21.7 Å². The molecule has 3 aromatic rings. The summed E-state index contributed by atoms with van der Waals surface area (Å²) in [5.74, 6) is -0.639. The molecule has 0 radical (unpaired) electrons. The second kappa shape index (κ2) is 7.21. The third-order valence-electron chi connectivity index (χ3n) is 3.18. The molecule has 13 heteroatoms. The first-order valence-corrected chi connectivity index (χ1v) is 8.49. The smallest absolute Gasteiger partial charge is 0.292 e. The molecule has 0 aliphatic heterocycles.